The molecule has 2 saturated heterocycles. The lowest BCUT2D eigenvalue weighted by molar-refractivity contribution is 0.149. The molecule has 6 heterocycles. The van der Waals surface area contributed by atoms with Gasteiger partial charge in [0.15, 0.2) is 5.82 Å². The summed E-state index contributed by atoms with van der Waals surface area (Å²) in [6.45, 7) is 6.01. The largest absolute Gasteiger partial charge is 0.486 e. The second-order valence-corrected chi connectivity index (χ2v) is 10.4. The molecule has 0 amide bonds. The van der Waals surface area contributed by atoms with Gasteiger partial charge in [-0.25, -0.2) is 18.7 Å². The number of H-pyrrole nitrogens is 2. The molecule has 1 atom stereocenters. The number of rotatable bonds is 5. The molecule has 8 nitrogen and oxygen atoms in total. The standard InChI is InChI=1S/C28H27F2N7O/c1-16(24-20(29)12-33-27-25(24)21(30)13-34-27)38-18-3-4-22-19(10-18)26(36-35-22)17-2-5-23(32-11-17)37-14-28(15-37)6-8-31-9-7-28/h2-5,10-13,16,31H,6-9,14-15H2,1H3,(H,33,34)(H,35,36). The molecule has 0 bridgehead atoms. The van der Waals surface area contributed by atoms with Crippen molar-refractivity contribution in [3.8, 4) is 17.0 Å². The maximum absolute atomic E-state index is 14.7. The Morgan fingerprint density at radius 1 is 1.03 bits per heavy atom. The number of halogens is 2. The van der Waals surface area contributed by atoms with Crippen LogP contribution in [0.25, 0.3) is 33.2 Å². The highest BCUT2D eigenvalue weighted by atomic mass is 19.1. The van der Waals surface area contributed by atoms with Crippen LogP contribution in [0, 0.1) is 17.0 Å². The first-order valence-corrected chi connectivity index (χ1v) is 12.9. The summed E-state index contributed by atoms with van der Waals surface area (Å²) in [5, 5.41) is 12.0. The fraction of sp³-hybridized carbons (Fsp3) is 0.321. The van der Waals surface area contributed by atoms with Crippen LogP contribution in [0.15, 0.2) is 48.9 Å². The summed E-state index contributed by atoms with van der Waals surface area (Å²) in [4.78, 5) is 13.7. The molecule has 2 aliphatic rings. The molecule has 4 aromatic heterocycles. The zero-order chi connectivity index (χ0) is 25.9. The van der Waals surface area contributed by atoms with E-state index in [9.17, 15) is 8.78 Å². The van der Waals surface area contributed by atoms with Gasteiger partial charge in [-0.3, -0.25) is 5.10 Å². The Morgan fingerprint density at radius 2 is 1.87 bits per heavy atom. The van der Waals surface area contributed by atoms with Crippen molar-refractivity contribution in [2.75, 3.05) is 31.1 Å². The summed E-state index contributed by atoms with van der Waals surface area (Å²) in [6, 6.07) is 9.60. The van der Waals surface area contributed by atoms with Crippen LogP contribution in [0.1, 0.15) is 31.4 Å². The molecule has 194 valence electrons. The number of pyridine rings is 2. The molecule has 10 heteroatoms. The Bertz CT molecular complexity index is 1630. The fourth-order valence-electron chi connectivity index (χ4n) is 5.92. The summed E-state index contributed by atoms with van der Waals surface area (Å²) in [5.41, 5.74) is 3.33. The van der Waals surface area contributed by atoms with Gasteiger partial charge in [0.05, 0.1) is 17.1 Å². The number of fused-ring (bicyclic) bond motifs is 2. The van der Waals surface area contributed by atoms with E-state index in [0.717, 1.165) is 60.4 Å². The molecule has 7 rings (SSSR count). The van der Waals surface area contributed by atoms with E-state index < -0.39 is 17.7 Å². The number of benzene rings is 1. The van der Waals surface area contributed by atoms with Gasteiger partial charge in [-0.2, -0.15) is 5.10 Å². The predicted octanol–water partition coefficient (Wildman–Crippen LogP) is 5.11. The van der Waals surface area contributed by atoms with Gasteiger partial charge < -0.3 is 19.9 Å². The molecule has 0 radical (unpaired) electrons. The van der Waals surface area contributed by atoms with Crippen LogP contribution in [0.5, 0.6) is 5.75 Å². The second kappa shape index (κ2) is 8.76. The number of nitrogens with one attached hydrogen (secondary N) is 3. The molecule has 38 heavy (non-hydrogen) atoms. The van der Waals surface area contributed by atoms with Crippen LogP contribution < -0.4 is 15.0 Å². The average molecular weight is 516 g/mol. The SMILES string of the molecule is CC(Oc1ccc2[nH]nc(-c3ccc(N4CC5(CCNCC5)C4)nc3)c2c1)c1c(F)cnc2[nH]cc(F)c12. The quantitative estimate of drug-likeness (QED) is 0.301. The summed E-state index contributed by atoms with van der Waals surface area (Å²) in [5.74, 6) is 0.321. The first-order valence-electron chi connectivity index (χ1n) is 12.9. The highest BCUT2D eigenvalue weighted by Gasteiger charge is 2.43. The smallest absolute Gasteiger partial charge is 0.150 e. The minimum absolute atomic E-state index is 0.0991. The summed E-state index contributed by atoms with van der Waals surface area (Å²) >= 11 is 0. The second-order valence-electron chi connectivity index (χ2n) is 10.4. The molecule has 0 saturated carbocycles. The maximum Gasteiger partial charge on any atom is 0.150 e. The van der Waals surface area contributed by atoms with E-state index in [0.29, 0.717) is 11.2 Å². The van der Waals surface area contributed by atoms with Gasteiger partial charge >= 0.3 is 0 Å². The van der Waals surface area contributed by atoms with E-state index in [1.807, 2.05) is 24.4 Å². The van der Waals surface area contributed by atoms with Crippen LogP contribution in [-0.2, 0) is 0 Å². The normalized spacial score (nSPS) is 17.7. The number of hydrogen-bond donors (Lipinski definition) is 3. The molecule has 2 fully saturated rings. The van der Waals surface area contributed by atoms with Crippen molar-refractivity contribution < 1.29 is 13.5 Å². The molecule has 1 unspecified atom stereocenters. The molecular formula is C28H27F2N7O. The first-order chi connectivity index (χ1) is 18.5. The molecule has 5 aromatic rings. The zero-order valence-corrected chi connectivity index (χ0v) is 20.9. The number of ether oxygens (including phenoxy) is 1. The van der Waals surface area contributed by atoms with E-state index in [1.54, 1.807) is 13.0 Å². The van der Waals surface area contributed by atoms with Crippen LogP contribution in [0.4, 0.5) is 14.6 Å². The first kappa shape index (κ1) is 23.1. The Hall–Kier alpha value is -4.05. The van der Waals surface area contributed by atoms with Crippen molar-refractivity contribution in [3.63, 3.8) is 0 Å². The average Bonchev–Trinajstić information content (AvgIpc) is 3.51. The molecule has 1 spiro atoms. The number of hydrogen-bond acceptors (Lipinski definition) is 6. The lowest BCUT2D eigenvalue weighted by atomic mass is 9.72. The van der Waals surface area contributed by atoms with Crippen LogP contribution in [0.2, 0.25) is 0 Å². The Kier molecular flexibility index (Phi) is 5.33. The number of nitrogens with zero attached hydrogens (tertiary/aromatic N) is 4. The third-order valence-corrected chi connectivity index (χ3v) is 7.96. The van der Waals surface area contributed by atoms with Crippen molar-refractivity contribution in [2.45, 2.75) is 25.9 Å². The monoisotopic (exact) mass is 515 g/mol. The summed E-state index contributed by atoms with van der Waals surface area (Å²) < 4.78 is 35.2. The lowest BCUT2D eigenvalue weighted by Crippen LogP contribution is -2.60. The van der Waals surface area contributed by atoms with E-state index in [1.165, 1.54) is 19.0 Å². The fourth-order valence-corrected chi connectivity index (χ4v) is 5.92. The van der Waals surface area contributed by atoms with E-state index in [4.69, 9.17) is 9.72 Å². The molecular weight excluding hydrogens is 488 g/mol. The van der Waals surface area contributed by atoms with Gasteiger partial charge in [0.1, 0.15) is 34.8 Å². The summed E-state index contributed by atoms with van der Waals surface area (Å²) in [7, 11) is 0. The van der Waals surface area contributed by atoms with Crippen LogP contribution in [0.3, 0.4) is 0 Å². The van der Waals surface area contributed by atoms with E-state index in [2.05, 4.69) is 36.4 Å². The minimum Gasteiger partial charge on any atom is -0.486 e. The van der Waals surface area contributed by atoms with Gasteiger partial charge in [0.25, 0.3) is 0 Å². The van der Waals surface area contributed by atoms with E-state index in [-0.39, 0.29) is 16.6 Å². The van der Waals surface area contributed by atoms with E-state index >= 15 is 0 Å². The number of piperidine rings is 1. The Labute approximate surface area is 217 Å². The molecule has 0 aliphatic carbocycles. The Balaban J connectivity index is 1.13. The third kappa shape index (κ3) is 3.78. The molecule has 3 N–H and O–H groups in total. The highest BCUT2D eigenvalue weighted by Crippen LogP contribution is 2.41. The van der Waals surface area contributed by atoms with Crippen molar-refractivity contribution in [3.05, 3.63) is 66.1 Å². The van der Waals surface area contributed by atoms with Gasteiger partial charge in [0, 0.05) is 47.4 Å². The van der Waals surface area contributed by atoms with Crippen molar-refractivity contribution in [2.24, 2.45) is 5.41 Å². The minimum atomic E-state index is -0.751. The molecule has 1 aromatic carbocycles. The predicted molar refractivity (Wildman–Crippen MR) is 141 cm³/mol. The van der Waals surface area contributed by atoms with Crippen LogP contribution >= 0.6 is 0 Å². The number of aromatic amines is 2. The van der Waals surface area contributed by atoms with Crippen molar-refractivity contribution >= 4 is 27.8 Å². The maximum atomic E-state index is 14.7. The van der Waals surface area contributed by atoms with Crippen molar-refractivity contribution in [1.82, 2.24) is 30.5 Å². The van der Waals surface area contributed by atoms with Crippen molar-refractivity contribution in [1.29, 1.82) is 0 Å². The molecule has 2 aliphatic heterocycles. The van der Waals surface area contributed by atoms with Gasteiger partial charge in [-0.15, -0.1) is 0 Å². The number of anilines is 1. The lowest BCUT2D eigenvalue weighted by Gasteiger charge is -2.53. The zero-order valence-electron chi connectivity index (χ0n) is 20.9. The number of aromatic nitrogens is 5. The third-order valence-electron chi connectivity index (χ3n) is 7.96. The van der Waals surface area contributed by atoms with Gasteiger partial charge in [-0.05, 0) is 63.2 Å². The Morgan fingerprint density at radius 3 is 2.66 bits per heavy atom. The van der Waals surface area contributed by atoms with Gasteiger partial charge in [-0.1, -0.05) is 0 Å². The summed E-state index contributed by atoms with van der Waals surface area (Å²) in [6.07, 6.45) is 5.80. The van der Waals surface area contributed by atoms with Crippen LogP contribution in [-0.4, -0.2) is 51.3 Å². The highest BCUT2D eigenvalue weighted by molar-refractivity contribution is 5.93. The van der Waals surface area contributed by atoms with Gasteiger partial charge in [0.2, 0.25) is 0 Å². The topological polar surface area (TPSA) is 94.8 Å².